The zero-order valence-electron chi connectivity index (χ0n) is 8.94. The summed E-state index contributed by atoms with van der Waals surface area (Å²) >= 11 is 0. The number of ether oxygens (including phenoxy) is 2. The molecule has 1 unspecified atom stereocenters. The van der Waals surface area contributed by atoms with Crippen molar-refractivity contribution < 1.29 is 23.8 Å². The summed E-state index contributed by atoms with van der Waals surface area (Å²) in [6.07, 6.45) is 0.702. The van der Waals surface area contributed by atoms with Gasteiger partial charge < -0.3 is 14.6 Å². The van der Waals surface area contributed by atoms with Crippen LogP contribution in [0, 0.1) is 5.82 Å². The molecule has 1 N–H and O–H groups in total. The van der Waals surface area contributed by atoms with E-state index in [1.165, 1.54) is 7.11 Å². The molecule has 1 atom stereocenters. The van der Waals surface area contributed by atoms with Gasteiger partial charge in [0.1, 0.15) is 18.0 Å². The van der Waals surface area contributed by atoms with Crippen LogP contribution < -0.4 is 4.74 Å². The number of hydrogen-bond acceptors (Lipinski definition) is 4. The van der Waals surface area contributed by atoms with Crippen molar-refractivity contribution in [1.29, 1.82) is 0 Å². The number of pyridine rings is 1. The van der Waals surface area contributed by atoms with Gasteiger partial charge in [-0.3, -0.25) is 0 Å². The molecule has 0 saturated heterocycles. The number of hydrogen-bond donors (Lipinski definition) is 1. The molecule has 1 aromatic rings. The standard InChI is InChI=1S/C10H12FNO4/c1-6(15-2)5-16-9-8(10(13)14)3-7(11)4-12-9/h3-4,6H,5H2,1-2H3,(H,13,14). The Morgan fingerprint density at radius 2 is 2.38 bits per heavy atom. The summed E-state index contributed by atoms with van der Waals surface area (Å²) < 4.78 is 22.8. The highest BCUT2D eigenvalue weighted by atomic mass is 19.1. The Bertz CT molecular complexity index is 383. The average molecular weight is 229 g/mol. The smallest absolute Gasteiger partial charge is 0.341 e. The van der Waals surface area contributed by atoms with E-state index in [0.717, 1.165) is 12.3 Å². The minimum absolute atomic E-state index is 0.113. The highest BCUT2D eigenvalue weighted by Gasteiger charge is 2.15. The molecule has 0 aliphatic heterocycles. The van der Waals surface area contributed by atoms with E-state index in [9.17, 15) is 9.18 Å². The molecule has 1 heterocycles. The SMILES string of the molecule is COC(C)COc1ncc(F)cc1C(=O)O. The molecule has 5 nitrogen and oxygen atoms in total. The summed E-state index contributed by atoms with van der Waals surface area (Å²) in [7, 11) is 1.50. The van der Waals surface area contributed by atoms with Crippen molar-refractivity contribution in [2.24, 2.45) is 0 Å². The quantitative estimate of drug-likeness (QED) is 0.824. The number of aromatic nitrogens is 1. The monoisotopic (exact) mass is 229 g/mol. The van der Waals surface area contributed by atoms with Crippen molar-refractivity contribution in [3.63, 3.8) is 0 Å². The summed E-state index contributed by atoms with van der Waals surface area (Å²) in [5.74, 6) is -2.12. The Morgan fingerprint density at radius 3 is 2.94 bits per heavy atom. The Morgan fingerprint density at radius 1 is 1.69 bits per heavy atom. The van der Waals surface area contributed by atoms with E-state index in [4.69, 9.17) is 14.6 Å². The number of halogens is 1. The van der Waals surface area contributed by atoms with E-state index in [0.29, 0.717) is 0 Å². The minimum Gasteiger partial charge on any atom is -0.477 e. The van der Waals surface area contributed by atoms with Crippen LogP contribution in [0.4, 0.5) is 4.39 Å². The largest absolute Gasteiger partial charge is 0.477 e. The fourth-order valence-electron chi connectivity index (χ4n) is 0.959. The summed E-state index contributed by atoms with van der Waals surface area (Å²) in [6.45, 7) is 1.90. The molecule has 16 heavy (non-hydrogen) atoms. The van der Waals surface area contributed by atoms with Crippen molar-refractivity contribution in [3.8, 4) is 5.88 Å². The Labute approximate surface area is 91.8 Å². The van der Waals surface area contributed by atoms with Crippen LogP contribution in [0.2, 0.25) is 0 Å². The first-order valence-electron chi connectivity index (χ1n) is 4.59. The molecule has 0 bridgehead atoms. The molecule has 0 aliphatic carbocycles. The van der Waals surface area contributed by atoms with Crippen LogP contribution in [-0.4, -0.2) is 35.9 Å². The molecule has 0 spiro atoms. The van der Waals surface area contributed by atoms with Gasteiger partial charge in [0.2, 0.25) is 5.88 Å². The van der Waals surface area contributed by atoms with Crippen molar-refractivity contribution >= 4 is 5.97 Å². The fraction of sp³-hybridized carbons (Fsp3) is 0.400. The van der Waals surface area contributed by atoms with Gasteiger partial charge in [0.15, 0.2) is 0 Å². The molecular formula is C10H12FNO4. The lowest BCUT2D eigenvalue weighted by atomic mass is 10.2. The van der Waals surface area contributed by atoms with Crippen molar-refractivity contribution in [1.82, 2.24) is 4.98 Å². The predicted molar refractivity (Wildman–Crippen MR) is 53.1 cm³/mol. The Kier molecular flexibility index (Phi) is 4.19. The second kappa shape index (κ2) is 5.41. The van der Waals surface area contributed by atoms with Gasteiger partial charge in [-0.2, -0.15) is 0 Å². The maximum atomic E-state index is 12.8. The number of aromatic carboxylic acids is 1. The first-order valence-corrected chi connectivity index (χ1v) is 4.59. The normalized spacial score (nSPS) is 12.2. The summed E-state index contributed by atoms with van der Waals surface area (Å²) in [5.41, 5.74) is -0.302. The molecular weight excluding hydrogens is 217 g/mol. The fourth-order valence-corrected chi connectivity index (χ4v) is 0.959. The third-order valence-electron chi connectivity index (χ3n) is 1.91. The molecule has 0 aliphatic rings. The highest BCUT2D eigenvalue weighted by Crippen LogP contribution is 2.16. The molecule has 1 aromatic heterocycles. The van der Waals surface area contributed by atoms with Gasteiger partial charge in [-0.25, -0.2) is 14.2 Å². The Balaban J connectivity index is 2.82. The van der Waals surface area contributed by atoms with Crippen LogP contribution in [0.15, 0.2) is 12.3 Å². The highest BCUT2D eigenvalue weighted by molar-refractivity contribution is 5.90. The number of rotatable bonds is 5. The first-order chi connectivity index (χ1) is 7.54. The van der Waals surface area contributed by atoms with E-state index < -0.39 is 11.8 Å². The molecule has 0 amide bonds. The van der Waals surface area contributed by atoms with Crippen LogP contribution in [0.5, 0.6) is 5.88 Å². The van der Waals surface area contributed by atoms with Crippen LogP contribution >= 0.6 is 0 Å². The minimum atomic E-state index is -1.29. The lowest BCUT2D eigenvalue weighted by Crippen LogP contribution is -2.18. The average Bonchev–Trinajstić information content (AvgIpc) is 2.26. The predicted octanol–water partition coefficient (Wildman–Crippen LogP) is 1.33. The van der Waals surface area contributed by atoms with E-state index in [-0.39, 0.29) is 24.2 Å². The molecule has 88 valence electrons. The van der Waals surface area contributed by atoms with Gasteiger partial charge in [0.05, 0.1) is 12.3 Å². The van der Waals surface area contributed by atoms with Crippen LogP contribution in [-0.2, 0) is 4.74 Å². The molecule has 0 radical (unpaired) electrons. The molecule has 1 rings (SSSR count). The number of nitrogens with zero attached hydrogens (tertiary/aromatic N) is 1. The van der Waals surface area contributed by atoms with E-state index in [2.05, 4.69) is 4.98 Å². The molecule has 0 saturated carbocycles. The van der Waals surface area contributed by atoms with Crippen LogP contribution in [0.25, 0.3) is 0 Å². The van der Waals surface area contributed by atoms with Crippen LogP contribution in [0.1, 0.15) is 17.3 Å². The molecule has 0 fully saturated rings. The number of carboxylic acid groups (broad SMARTS) is 1. The van der Waals surface area contributed by atoms with E-state index in [1.807, 2.05) is 0 Å². The lowest BCUT2D eigenvalue weighted by Gasteiger charge is -2.11. The maximum absolute atomic E-state index is 12.8. The zero-order chi connectivity index (χ0) is 12.1. The number of methoxy groups -OCH3 is 1. The van der Waals surface area contributed by atoms with Gasteiger partial charge >= 0.3 is 5.97 Å². The first kappa shape index (κ1) is 12.4. The van der Waals surface area contributed by atoms with Gasteiger partial charge in [-0.1, -0.05) is 0 Å². The second-order valence-corrected chi connectivity index (χ2v) is 3.17. The lowest BCUT2D eigenvalue weighted by molar-refractivity contribution is 0.0633. The van der Waals surface area contributed by atoms with Gasteiger partial charge in [-0.15, -0.1) is 0 Å². The van der Waals surface area contributed by atoms with E-state index >= 15 is 0 Å². The summed E-state index contributed by atoms with van der Waals surface area (Å²) in [4.78, 5) is 14.3. The van der Waals surface area contributed by atoms with Gasteiger partial charge in [0.25, 0.3) is 0 Å². The summed E-state index contributed by atoms with van der Waals surface area (Å²) in [6, 6.07) is 0.863. The number of carbonyl (C=O) groups is 1. The zero-order valence-corrected chi connectivity index (χ0v) is 8.94. The third-order valence-corrected chi connectivity index (χ3v) is 1.91. The topological polar surface area (TPSA) is 68.7 Å². The summed E-state index contributed by atoms with van der Waals surface area (Å²) in [5, 5.41) is 8.79. The number of carboxylic acids is 1. The van der Waals surface area contributed by atoms with Gasteiger partial charge in [-0.05, 0) is 13.0 Å². The van der Waals surface area contributed by atoms with Gasteiger partial charge in [0, 0.05) is 7.11 Å². The van der Waals surface area contributed by atoms with Crippen molar-refractivity contribution in [3.05, 3.63) is 23.6 Å². The van der Waals surface area contributed by atoms with Crippen LogP contribution in [0.3, 0.4) is 0 Å². The second-order valence-electron chi connectivity index (χ2n) is 3.17. The third kappa shape index (κ3) is 3.16. The molecule has 0 aromatic carbocycles. The van der Waals surface area contributed by atoms with Crippen molar-refractivity contribution in [2.75, 3.05) is 13.7 Å². The Hall–Kier alpha value is -1.69. The maximum Gasteiger partial charge on any atom is 0.341 e. The van der Waals surface area contributed by atoms with Crippen molar-refractivity contribution in [2.45, 2.75) is 13.0 Å². The van der Waals surface area contributed by atoms with E-state index in [1.54, 1.807) is 6.92 Å². The molecule has 6 heteroatoms.